The molecule has 4 nitrogen and oxygen atoms in total. The van der Waals surface area contributed by atoms with Gasteiger partial charge in [0.1, 0.15) is 17.4 Å². The zero-order chi connectivity index (χ0) is 32.3. The summed E-state index contributed by atoms with van der Waals surface area (Å²) in [6.07, 6.45) is -14.7. The number of nitrogens with one attached hydrogen (secondary N) is 1. The first kappa shape index (κ1) is 32.4. The molecule has 4 aromatic carbocycles. The molecular formula is C31H23F9N2O2. The Morgan fingerprint density at radius 1 is 0.795 bits per heavy atom. The Morgan fingerprint density at radius 3 is 2.05 bits per heavy atom. The number of ether oxygens (including phenoxy) is 1. The van der Waals surface area contributed by atoms with Crippen LogP contribution in [-0.4, -0.2) is 18.4 Å². The fourth-order valence-corrected chi connectivity index (χ4v) is 4.61. The van der Waals surface area contributed by atoms with Crippen molar-refractivity contribution in [3.8, 4) is 5.75 Å². The van der Waals surface area contributed by atoms with Crippen LogP contribution in [0.3, 0.4) is 0 Å². The highest BCUT2D eigenvalue weighted by Gasteiger charge is 2.45. The second-order valence-electron chi connectivity index (χ2n) is 9.76. The number of hydrogen-bond donors (Lipinski definition) is 2. The number of halogens is 9. The summed E-state index contributed by atoms with van der Waals surface area (Å²) in [4.78, 5) is 13.6. The van der Waals surface area contributed by atoms with Gasteiger partial charge in [0.15, 0.2) is 0 Å². The van der Waals surface area contributed by atoms with Crippen molar-refractivity contribution in [3.63, 3.8) is 0 Å². The maximum Gasteiger partial charge on any atom is 0.461 e. The van der Waals surface area contributed by atoms with Gasteiger partial charge in [-0.05, 0) is 52.6 Å². The Labute approximate surface area is 245 Å². The van der Waals surface area contributed by atoms with Crippen LogP contribution in [0, 0.1) is 11.6 Å². The highest BCUT2D eigenvalue weighted by atomic mass is 19.4. The topological polar surface area (TPSA) is 64.3 Å². The Balaban J connectivity index is 1.96. The molecule has 0 aliphatic heterocycles. The predicted octanol–water partition coefficient (Wildman–Crippen LogP) is 7.60. The lowest BCUT2D eigenvalue weighted by atomic mass is 9.77. The number of hydrogen-bond acceptors (Lipinski definition) is 3. The zero-order valence-electron chi connectivity index (χ0n) is 22.4. The van der Waals surface area contributed by atoms with E-state index in [0.29, 0.717) is 29.3 Å². The molecule has 3 N–H and O–H groups in total. The van der Waals surface area contributed by atoms with Crippen LogP contribution >= 0.6 is 0 Å². The van der Waals surface area contributed by atoms with Gasteiger partial charge >= 0.3 is 18.7 Å². The van der Waals surface area contributed by atoms with Crippen molar-refractivity contribution < 1.29 is 49.0 Å². The van der Waals surface area contributed by atoms with Crippen molar-refractivity contribution in [2.75, 3.05) is 0 Å². The van der Waals surface area contributed by atoms with E-state index in [4.69, 9.17) is 5.73 Å². The number of alkyl halides is 7. The van der Waals surface area contributed by atoms with Crippen molar-refractivity contribution in [1.82, 2.24) is 5.32 Å². The van der Waals surface area contributed by atoms with Gasteiger partial charge in [-0.25, -0.2) is 8.78 Å². The average molecular weight is 627 g/mol. The summed E-state index contributed by atoms with van der Waals surface area (Å²) in [5.74, 6) is -5.04. The van der Waals surface area contributed by atoms with E-state index in [-0.39, 0.29) is 24.1 Å². The smallest absolute Gasteiger partial charge is 0.428 e. The van der Waals surface area contributed by atoms with E-state index >= 15 is 0 Å². The quantitative estimate of drug-likeness (QED) is 0.178. The molecule has 0 saturated carbocycles. The van der Waals surface area contributed by atoms with Crippen LogP contribution in [0.4, 0.5) is 39.5 Å². The van der Waals surface area contributed by atoms with Gasteiger partial charge in [0.05, 0.1) is 11.1 Å². The number of carbonyl (C=O) groups is 1. The molecule has 13 heteroatoms. The Morgan fingerprint density at radius 2 is 1.45 bits per heavy atom. The molecule has 1 amide bonds. The summed E-state index contributed by atoms with van der Waals surface area (Å²) in [6, 6.07) is 17.8. The summed E-state index contributed by atoms with van der Waals surface area (Å²) in [6.45, 7) is 0.0921. The highest BCUT2D eigenvalue weighted by molar-refractivity contribution is 5.95. The number of amides is 1. The van der Waals surface area contributed by atoms with E-state index in [1.807, 2.05) is 0 Å². The van der Waals surface area contributed by atoms with Crippen molar-refractivity contribution >= 4 is 5.91 Å². The van der Waals surface area contributed by atoms with Crippen LogP contribution in [-0.2, 0) is 24.7 Å². The summed E-state index contributed by atoms with van der Waals surface area (Å²) in [5.41, 5.74) is 2.39. The fraction of sp³-hybridized carbons (Fsp3) is 0.194. The maximum absolute atomic E-state index is 15.0. The van der Waals surface area contributed by atoms with Crippen LogP contribution in [0.25, 0.3) is 0 Å². The minimum atomic E-state index is -5.15. The standard InChI is InChI=1S/C31H23F9N2O2/c32-23-13-22(14-24(15-23)44-31(39,40)28(34)35)29(16-18-4-2-1-3-5-18,21-9-6-19(17-41)7-10-21)42-27(43)20-8-11-26(33)25(12-20)30(36,37)38/h1-15,28H,16-17,41H2,(H,42,43)/t29-/m1/s1. The highest BCUT2D eigenvalue weighted by Crippen LogP contribution is 2.39. The lowest BCUT2D eigenvalue weighted by Crippen LogP contribution is -2.49. The molecule has 0 radical (unpaired) electrons. The number of carbonyl (C=O) groups excluding carboxylic acids is 1. The molecule has 4 rings (SSSR count). The van der Waals surface area contributed by atoms with Gasteiger partial charge in [0, 0.05) is 24.6 Å². The monoisotopic (exact) mass is 626 g/mol. The minimum Gasteiger partial charge on any atom is -0.428 e. The lowest BCUT2D eigenvalue weighted by Gasteiger charge is -2.37. The van der Waals surface area contributed by atoms with Crippen LogP contribution in [0.5, 0.6) is 5.75 Å². The average Bonchev–Trinajstić information content (AvgIpc) is 2.96. The van der Waals surface area contributed by atoms with Crippen molar-refractivity contribution in [1.29, 1.82) is 0 Å². The number of nitrogens with two attached hydrogens (primary N) is 1. The maximum atomic E-state index is 15.0. The van der Waals surface area contributed by atoms with E-state index in [9.17, 15) is 44.3 Å². The van der Waals surface area contributed by atoms with Gasteiger partial charge in [-0.3, -0.25) is 4.79 Å². The van der Waals surface area contributed by atoms with Crippen molar-refractivity contribution in [2.45, 2.75) is 37.2 Å². The zero-order valence-corrected chi connectivity index (χ0v) is 22.4. The van der Waals surface area contributed by atoms with Crippen LogP contribution in [0.2, 0.25) is 0 Å². The second-order valence-corrected chi connectivity index (χ2v) is 9.76. The molecule has 0 spiro atoms. The number of benzene rings is 4. The molecule has 0 unspecified atom stereocenters. The summed E-state index contributed by atoms with van der Waals surface area (Å²) >= 11 is 0. The normalized spacial score (nSPS) is 13.4. The molecule has 4 aromatic rings. The molecule has 0 aromatic heterocycles. The largest absolute Gasteiger partial charge is 0.461 e. The third-order valence-electron chi connectivity index (χ3n) is 6.73. The Kier molecular flexibility index (Phi) is 9.28. The van der Waals surface area contributed by atoms with Crippen LogP contribution in [0.1, 0.15) is 38.2 Å². The molecular weight excluding hydrogens is 603 g/mol. The molecule has 0 saturated heterocycles. The van der Waals surface area contributed by atoms with E-state index in [0.717, 1.165) is 18.2 Å². The third-order valence-corrected chi connectivity index (χ3v) is 6.73. The van der Waals surface area contributed by atoms with Crippen LogP contribution < -0.4 is 15.8 Å². The van der Waals surface area contributed by atoms with Gasteiger partial charge < -0.3 is 15.8 Å². The molecule has 232 valence electrons. The molecule has 0 heterocycles. The van der Waals surface area contributed by atoms with Gasteiger partial charge in [0.25, 0.3) is 5.91 Å². The minimum absolute atomic E-state index is 0.0921. The molecule has 0 aliphatic carbocycles. The van der Waals surface area contributed by atoms with E-state index in [2.05, 4.69) is 10.1 Å². The fourth-order valence-electron chi connectivity index (χ4n) is 4.61. The van der Waals surface area contributed by atoms with Crippen molar-refractivity contribution in [2.24, 2.45) is 5.73 Å². The Hall–Kier alpha value is -4.52. The number of rotatable bonds is 10. The van der Waals surface area contributed by atoms with E-state index < -0.39 is 58.7 Å². The van der Waals surface area contributed by atoms with E-state index in [1.165, 1.54) is 12.1 Å². The molecule has 0 fully saturated rings. The summed E-state index contributed by atoms with van der Waals surface area (Å²) in [7, 11) is 0. The van der Waals surface area contributed by atoms with Gasteiger partial charge in [0.2, 0.25) is 0 Å². The predicted molar refractivity (Wildman–Crippen MR) is 142 cm³/mol. The summed E-state index contributed by atoms with van der Waals surface area (Å²) in [5, 5.41) is 2.59. The van der Waals surface area contributed by atoms with Crippen molar-refractivity contribution in [3.05, 3.63) is 136 Å². The first-order valence-corrected chi connectivity index (χ1v) is 12.8. The molecule has 1 atom stereocenters. The van der Waals surface area contributed by atoms with Gasteiger partial charge in [-0.2, -0.15) is 30.7 Å². The molecule has 44 heavy (non-hydrogen) atoms. The van der Waals surface area contributed by atoms with Crippen LogP contribution in [0.15, 0.2) is 91.0 Å². The first-order valence-electron chi connectivity index (χ1n) is 12.8. The first-order chi connectivity index (χ1) is 20.6. The third kappa shape index (κ3) is 7.16. The molecule has 0 bridgehead atoms. The second kappa shape index (κ2) is 12.6. The lowest BCUT2D eigenvalue weighted by molar-refractivity contribution is -0.253. The van der Waals surface area contributed by atoms with E-state index in [1.54, 1.807) is 42.5 Å². The summed E-state index contributed by atoms with van der Waals surface area (Å²) < 4.78 is 127. The Bertz CT molecular complexity index is 1610. The molecule has 0 aliphatic rings. The van der Waals surface area contributed by atoms with Gasteiger partial charge in [-0.1, -0.05) is 54.6 Å². The SMILES string of the molecule is NCc1ccc([C@@](Cc2ccccc2)(NC(=O)c2ccc(F)c(C(F)(F)F)c2)c2cc(F)cc(OC(F)(F)C(F)F)c2)cc1. The van der Waals surface area contributed by atoms with Gasteiger partial charge in [-0.15, -0.1) is 0 Å².